The fourth-order valence-electron chi connectivity index (χ4n) is 2.50. The van der Waals surface area contributed by atoms with Crippen molar-refractivity contribution in [2.75, 3.05) is 17.3 Å². The fourth-order valence-corrected chi connectivity index (χ4v) is 2.50. The highest BCUT2D eigenvalue weighted by atomic mass is 19.1. The molecule has 3 aromatic carbocycles. The molecule has 0 saturated carbocycles. The summed E-state index contributed by atoms with van der Waals surface area (Å²) in [6, 6.07) is 21.3. The largest absolute Gasteiger partial charge is 0.322 e. The molecule has 0 unspecified atom stereocenters. The van der Waals surface area contributed by atoms with Gasteiger partial charge < -0.3 is 10.2 Å². The molecule has 0 aromatic heterocycles. The Kier molecular flexibility index (Phi) is 5.08. The van der Waals surface area contributed by atoms with Crippen LogP contribution in [0, 0.1) is 5.82 Å². The molecule has 0 aliphatic rings. The summed E-state index contributed by atoms with van der Waals surface area (Å²) in [7, 11) is 1.70. The Morgan fingerprint density at radius 2 is 1.50 bits per heavy atom. The number of carbonyl (C=O) groups excluding carboxylic acids is 2. The van der Waals surface area contributed by atoms with Crippen LogP contribution >= 0.6 is 0 Å². The third-order valence-corrected chi connectivity index (χ3v) is 3.92. The van der Waals surface area contributed by atoms with Crippen LogP contribution < -0.4 is 10.2 Å². The van der Waals surface area contributed by atoms with Crippen molar-refractivity contribution in [2.24, 2.45) is 0 Å². The van der Waals surface area contributed by atoms with Crippen molar-refractivity contribution < 1.29 is 14.0 Å². The van der Waals surface area contributed by atoms with Crippen molar-refractivity contribution in [2.45, 2.75) is 0 Å². The maximum absolute atomic E-state index is 13.2. The number of halogens is 1. The Morgan fingerprint density at radius 3 is 2.15 bits per heavy atom. The highest BCUT2D eigenvalue weighted by molar-refractivity contribution is 6.07. The van der Waals surface area contributed by atoms with Gasteiger partial charge in [-0.25, -0.2) is 4.39 Å². The number of hydrogen-bond donors (Lipinski definition) is 1. The van der Waals surface area contributed by atoms with Gasteiger partial charge in [0.15, 0.2) is 0 Å². The Morgan fingerprint density at radius 1 is 0.846 bits per heavy atom. The molecule has 0 atom stereocenters. The van der Waals surface area contributed by atoms with E-state index >= 15 is 0 Å². The number of hydrogen-bond acceptors (Lipinski definition) is 2. The molecular formula is C21H17FN2O2. The maximum atomic E-state index is 13.2. The summed E-state index contributed by atoms with van der Waals surface area (Å²) in [6.45, 7) is 0. The van der Waals surface area contributed by atoms with E-state index in [0.717, 1.165) is 5.69 Å². The minimum absolute atomic E-state index is 0.173. The molecule has 0 fully saturated rings. The van der Waals surface area contributed by atoms with Gasteiger partial charge in [-0.05, 0) is 54.6 Å². The van der Waals surface area contributed by atoms with Gasteiger partial charge >= 0.3 is 0 Å². The summed E-state index contributed by atoms with van der Waals surface area (Å²) in [5.74, 6) is -0.966. The molecule has 5 heteroatoms. The minimum atomic E-state index is -0.423. The van der Waals surface area contributed by atoms with Gasteiger partial charge in [-0.1, -0.05) is 24.3 Å². The molecular weight excluding hydrogens is 331 g/mol. The summed E-state index contributed by atoms with van der Waals surface area (Å²) < 4.78 is 13.2. The van der Waals surface area contributed by atoms with Crippen LogP contribution in [0.3, 0.4) is 0 Å². The molecule has 0 radical (unpaired) electrons. The average molecular weight is 348 g/mol. The van der Waals surface area contributed by atoms with Crippen molar-refractivity contribution >= 4 is 23.2 Å². The van der Waals surface area contributed by atoms with Gasteiger partial charge in [0.05, 0.1) is 0 Å². The number of nitrogens with zero attached hydrogens (tertiary/aromatic N) is 1. The normalized spacial score (nSPS) is 10.2. The van der Waals surface area contributed by atoms with Gasteiger partial charge in [0.2, 0.25) is 0 Å². The van der Waals surface area contributed by atoms with E-state index in [-0.39, 0.29) is 11.8 Å². The molecule has 2 amide bonds. The maximum Gasteiger partial charge on any atom is 0.258 e. The van der Waals surface area contributed by atoms with Gasteiger partial charge in [-0.2, -0.15) is 0 Å². The van der Waals surface area contributed by atoms with Crippen molar-refractivity contribution in [3.05, 3.63) is 95.8 Å². The predicted molar refractivity (Wildman–Crippen MR) is 100.0 cm³/mol. The van der Waals surface area contributed by atoms with Crippen LogP contribution in [0.5, 0.6) is 0 Å². The van der Waals surface area contributed by atoms with Gasteiger partial charge in [0.25, 0.3) is 11.8 Å². The SMILES string of the molecule is CN(C(=O)c1ccc(C(=O)Nc2cccc(F)c2)cc1)c1ccccc1. The number of amides is 2. The molecule has 3 aromatic rings. The first kappa shape index (κ1) is 17.4. The van der Waals surface area contributed by atoms with E-state index in [2.05, 4.69) is 5.32 Å². The Bertz CT molecular complexity index is 924. The smallest absolute Gasteiger partial charge is 0.258 e. The van der Waals surface area contributed by atoms with E-state index in [1.165, 1.54) is 18.2 Å². The number of anilines is 2. The first-order valence-electron chi connectivity index (χ1n) is 8.05. The molecule has 0 aliphatic carbocycles. The summed E-state index contributed by atoms with van der Waals surface area (Å²) in [5.41, 5.74) is 2.01. The average Bonchev–Trinajstić information content (AvgIpc) is 2.67. The molecule has 4 nitrogen and oxygen atoms in total. The van der Waals surface area contributed by atoms with Crippen LogP contribution in [0.25, 0.3) is 0 Å². The molecule has 0 heterocycles. The van der Waals surface area contributed by atoms with Crippen molar-refractivity contribution in [1.29, 1.82) is 0 Å². The van der Waals surface area contributed by atoms with Gasteiger partial charge in [-0.15, -0.1) is 0 Å². The number of para-hydroxylation sites is 1. The van der Waals surface area contributed by atoms with E-state index in [0.29, 0.717) is 16.8 Å². The van der Waals surface area contributed by atoms with Crippen LogP contribution in [0.1, 0.15) is 20.7 Å². The van der Waals surface area contributed by atoms with Crippen molar-refractivity contribution in [3.8, 4) is 0 Å². The number of rotatable bonds is 4. The summed E-state index contributed by atoms with van der Waals surface area (Å²) in [5, 5.41) is 2.62. The highest BCUT2D eigenvalue weighted by Gasteiger charge is 2.14. The lowest BCUT2D eigenvalue weighted by Gasteiger charge is -2.17. The monoisotopic (exact) mass is 348 g/mol. The van der Waals surface area contributed by atoms with E-state index < -0.39 is 5.82 Å². The molecule has 0 saturated heterocycles. The lowest BCUT2D eigenvalue weighted by atomic mass is 10.1. The highest BCUT2D eigenvalue weighted by Crippen LogP contribution is 2.16. The Balaban J connectivity index is 1.71. The van der Waals surface area contributed by atoms with Crippen LogP contribution in [0.15, 0.2) is 78.9 Å². The Labute approximate surface area is 150 Å². The standard InChI is InChI=1S/C21H17FN2O2/c1-24(19-8-3-2-4-9-19)21(26)16-12-10-15(11-13-16)20(25)23-18-7-5-6-17(22)14-18/h2-14H,1H3,(H,23,25). The minimum Gasteiger partial charge on any atom is -0.322 e. The van der Waals surface area contributed by atoms with Crippen molar-refractivity contribution in [1.82, 2.24) is 0 Å². The van der Waals surface area contributed by atoms with Crippen LogP contribution in [0.4, 0.5) is 15.8 Å². The molecule has 26 heavy (non-hydrogen) atoms. The molecule has 130 valence electrons. The zero-order valence-electron chi connectivity index (χ0n) is 14.1. The van der Waals surface area contributed by atoms with Crippen molar-refractivity contribution in [3.63, 3.8) is 0 Å². The zero-order chi connectivity index (χ0) is 18.5. The van der Waals surface area contributed by atoms with Crippen LogP contribution in [0.2, 0.25) is 0 Å². The number of nitrogens with one attached hydrogen (secondary N) is 1. The first-order valence-corrected chi connectivity index (χ1v) is 8.05. The topological polar surface area (TPSA) is 49.4 Å². The van der Waals surface area contributed by atoms with E-state index in [9.17, 15) is 14.0 Å². The van der Waals surface area contributed by atoms with E-state index in [1.807, 2.05) is 30.3 Å². The third-order valence-electron chi connectivity index (χ3n) is 3.92. The molecule has 0 bridgehead atoms. The molecule has 0 aliphatic heterocycles. The molecule has 0 spiro atoms. The second-order valence-electron chi connectivity index (χ2n) is 5.74. The lowest BCUT2D eigenvalue weighted by Crippen LogP contribution is -2.26. The summed E-state index contributed by atoms with van der Waals surface area (Å²) in [4.78, 5) is 26.3. The fraction of sp³-hybridized carbons (Fsp3) is 0.0476. The van der Waals surface area contributed by atoms with Gasteiger partial charge in [0.1, 0.15) is 5.82 Å². The van der Waals surface area contributed by atoms with Crippen LogP contribution in [-0.2, 0) is 0 Å². The third kappa shape index (κ3) is 3.95. The summed E-state index contributed by atoms with van der Waals surface area (Å²) in [6.07, 6.45) is 0. The van der Waals surface area contributed by atoms with E-state index in [4.69, 9.17) is 0 Å². The van der Waals surface area contributed by atoms with Gasteiger partial charge in [0, 0.05) is 29.5 Å². The second-order valence-corrected chi connectivity index (χ2v) is 5.74. The number of benzene rings is 3. The first-order chi connectivity index (χ1) is 12.5. The van der Waals surface area contributed by atoms with Gasteiger partial charge in [-0.3, -0.25) is 9.59 Å². The molecule has 3 rings (SSSR count). The number of carbonyl (C=O) groups is 2. The Hall–Kier alpha value is -3.47. The zero-order valence-corrected chi connectivity index (χ0v) is 14.1. The second kappa shape index (κ2) is 7.61. The lowest BCUT2D eigenvalue weighted by molar-refractivity contribution is 0.0989. The molecule has 1 N–H and O–H groups in total. The summed E-state index contributed by atoms with van der Waals surface area (Å²) >= 11 is 0. The quantitative estimate of drug-likeness (QED) is 0.762. The van der Waals surface area contributed by atoms with E-state index in [1.54, 1.807) is 42.3 Å². The predicted octanol–water partition coefficient (Wildman–Crippen LogP) is 4.35. The van der Waals surface area contributed by atoms with Crippen LogP contribution in [-0.4, -0.2) is 18.9 Å².